The molecule has 13 heavy (non-hydrogen) atoms. The minimum atomic E-state index is 0.569. The molecule has 3 N–H and O–H groups in total. The number of aromatic nitrogens is 1. The average molecular weight is 176 g/mol. The molecule has 0 unspecified atom stereocenters. The summed E-state index contributed by atoms with van der Waals surface area (Å²) in [6.45, 7) is 1.39. The van der Waals surface area contributed by atoms with Gasteiger partial charge in [0.1, 0.15) is 11.9 Å². The number of nitrogens with one attached hydrogen (secondary N) is 1. The van der Waals surface area contributed by atoms with E-state index in [1.807, 2.05) is 0 Å². The zero-order valence-corrected chi connectivity index (χ0v) is 7.33. The molecule has 0 atom stereocenters. The van der Waals surface area contributed by atoms with Gasteiger partial charge in [-0.15, -0.1) is 0 Å². The first-order valence-electron chi connectivity index (χ1n) is 4.17. The van der Waals surface area contributed by atoms with Gasteiger partial charge < -0.3 is 11.1 Å². The maximum atomic E-state index is 8.72. The van der Waals surface area contributed by atoms with Crippen molar-refractivity contribution in [3.05, 3.63) is 23.9 Å². The predicted octanol–water partition coefficient (Wildman–Crippen LogP) is 0.714. The Balaban J connectivity index is 2.60. The van der Waals surface area contributed by atoms with Gasteiger partial charge in [0.05, 0.1) is 5.56 Å². The van der Waals surface area contributed by atoms with Gasteiger partial charge in [-0.05, 0) is 25.1 Å². The molecular formula is C9H12N4. The van der Waals surface area contributed by atoms with Crippen LogP contribution in [0.25, 0.3) is 0 Å². The van der Waals surface area contributed by atoms with Gasteiger partial charge in [0.25, 0.3) is 0 Å². The van der Waals surface area contributed by atoms with Crippen LogP contribution in [-0.2, 0) is 0 Å². The lowest BCUT2D eigenvalue weighted by Crippen LogP contribution is -2.10. The molecule has 1 rings (SSSR count). The lowest BCUT2D eigenvalue weighted by molar-refractivity contribution is 0.870. The quantitative estimate of drug-likeness (QED) is 0.663. The van der Waals surface area contributed by atoms with Crippen LogP contribution >= 0.6 is 0 Å². The standard InChI is InChI=1S/C9H12N4/c10-4-2-6-13-9-8(7-11)3-1-5-12-9/h1,3,5H,2,4,6,10H2,(H,12,13). The van der Waals surface area contributed by atoms with E-state index in [9.17, 15) is 0 Å². The zero-order chi connectivity index (χ0) is 9.52. The first-order chi connectivity index (χ1) is 6.38. The van der Waals surface area contributed by atoms with Crippen LogP contribution in [0.1, 0.15) is 12.0 Å². The van der Waals surface area contributed by atoms with E-state index in [1.165, 1.54) is 0 Å². The van der Waals surface area contributed by atoms with Crippen LogP contribution in [0.5, 0.6) is 0 Å². The van der Waals surface area contributed by atoms with Crippen LogP contribution in [-0.4, -0.2) is 18.1 Å². The molecule has 0 spiro atoms. The smallest absolute Gasteiger partial charge is 0.143 e. The molecule has 0 bridgehead atoms. The van der Waals surface area contributed by atoms with Gasteiger partial charge in [-0.3, -0.25) is 0 Å². The van der Waals surface area contributed by atoms with Gasteiger partial charge in [-0.25, -0.2) is 4.98 Å². The first-order valence-corrected chi connectivity index (χ1v) is 4.17. The van der Waals surface area contributed by atoms with Crippen molar-refractivity contribution in [2.75, 3.05) is 18.4 Å². The summed E-state index contributed by atoms with van der Waals surface area (Å²) in [4.78, 5) is 4.05. The van der Waals surface area contributed by atoms with Crippen molar-refractivity contribution in [3.8, 4) is 6.07 Å². The Labute approximate surface area is 77.4 Å². The number of hydrogen-bond donors (Lipinski definition) is 2. The second-order valence-corrected chi connectivity index (χ2v) is 2.58. The normalized spacial score (nSPS) is 9.23. The number of nitrogens with two attached hydrogens (primary N) is 1. The SMILES string of the molecule is N#Cc1cccnc1NCCCN. The Morgan fingerprint density at radius 2 is 2.46 bits per heavy atom. The molecule has 4 heteroatoms. The molecule has 0 aliphatic rings. The fourth-order valence-corrected chi connectivity index (χ4v) is 0.945. The highest BCUT2D eigenvalue weighted by Gasteiger charge is 1.99. The third kappa shape index (κ3) is 2.73. The van der Waals surface area contributed by atoms with Crippen molar-refractivity contribution in [2.45, 2.75) is 6.42 Å². The van der Waals surface area contributed by atoms with E-state index < -0.39 is 0 Å². The van der Waals surface area contributed by atoms with E-state index in [4.69, 9.17) is 11.0 Å². The minimum Gasteiger partial charge on any atom is -0.369 e. The molecule has 4 nitrogen and oxygen atoms in total. The molecule has 1 aromatic heterocycles. The van der Waals surface area contributed by atoms with E-state index in [0.29, 0.717) is 17.9 Å². The van der Waals surface area contributed by atoms with E-state index in [1.54, 1.807) is 18.3 Å². The molecule has 0 saturated carbocycles. The van der Waals surface area contributed by atoms with E-state index in [2.05, 4.69) is 16.4 Å². The Bertz CT molecular complexity index is 303. The summed E-state index contributed by atoms with van der Waals surface area (Å²) in [5, 5.41) is 11.8. The van der Waals surface area contributed by atoms with Gasteiger partial charge >= 0.3 is 0 Å². The molecular weight excluding hydrogens is 164 g/mol. The summed E-state index contributed by atoms with van der Waals surface area (Å²) in [5.41, 5.74) is 5.91. The lowest BCUT2D eigenvalue weighted by Gasteiger charge is -2.04. The zero-order valence-electron chi connectivity index (χ0n) is 7.33. The maximum absolute atomic E-state index is 8.72. The second-order valence-electron chi connectivity index (χ2n) is 2.58. The Hall–Kier alpha value is -1.60. The molecule has 68 valence electrons. The van der Waals surface area contributed by atoms with Crippen molar-refractivity contribution in [2.24, 2.45) is 5.73 Å². The van der Waals surface area contributed by atoms with Crippen LogP contribution in [0.3, 0.4) is 0 Å². The van der Waals surface area contributed by atoms with Crippen molar-refractivity contribution in [1.82, 2.24) is 4.98 Å². The van der Waals surface area contributed by atoms with Crippen molar-refractivity contribution in [1.29, 1.82) is 5.26 Å². The summed E-state index contributed by atoms with van der Waals surface area (Å²) in [7, 11) is 0. The van der Waals surface area contributed by atoms with E-state index in [-0.39, 0.29) is 0 Å². The molecule has 0 fully saturated rings. The van der Waals surface area contributed by atoms with Gasteiger partial charge in [0.2, 0.25) is 0 Å². The van der Waals surface area contributed by atoms with Gasteiger partial charge in [-0.2, -0.15) is 5.26 Å². The van der Waals surface area contributed by atoms with Crippen LogP contribution in [0.2, 0.25) is 0 Å². The number of nitriles is 1. The van der Waals surface area contributed by atoms with Gasteiger partial charge in [0.15, 0.2) is 0 Å². The number of nitrogens with zero attached hydrogens (tertiary/aromatic N) is 2. The van der Waals surface area contributed by atoms with Crippen molar-refractivity contribution >= 4 is 5.82 Å². The second kappa shape index (κ2) is 5.12. The predicted molar refractivity (Wildman–Crippen MR) is 51.1 cm³/mol. The fourth-order valence-electron chi connectivity index (χ4n) is 0.945. The monoisotopic (exact) mass is 176 g/mol. The Morgan fingerprint density at radius 3 is 3.15 bits per heavy atom. The highest BCUT2D eigenvalue weighted by Crippen LogP contribution is 2.08. The number of rotatable bonds is 4. The van der Waals surface area contributed by atoms with Crippen LogP contribution in [0.15, 0.2) is 18.3 Å². The average Bonchev–Trinajstić information content (AvgIpc) is 2.19. The van der Waals surface area contributed by atoms with Crippen LogP contribution in [0, 0.1) is 11.3 Å². The molecule has 1 heterocycles. The topological polar surface area (TPSA) is 74.7 Å². The number of anilines is 1. The van der Waals surface area contributed by atoms with Crippen molar-refractivity contribution in [3.63, 3.8) is 0 Å². The largest absolute Gasteiger partial charge is 0.369 e. The third-order valence-electron chi connectivity index (χ3n) is 1.60. The summed E-state index contributed by atoms with van der Waals surface area (Å²) >= 11 is 0. The lowest BCUT2D eigenvalue weighted by atomic mass is 10.3. The fraction of sp³-hybridized carbons (Fsp3) is 0.333. The molecule has 0 saturated heterocycles. The number of hydrogen-bond acceptors (Lipinski definition) is 4. The molecule has 0 aromatic carbocycles. The van der Waals surface area contributed by atoms with E-state index in [0.717, 1.165) is 13.0 Å². The summed E-state index contributed by atoms with van der Waals surface area (Å²) in [5.74, 6) is 0.637. The Kier molecular flexibility index (Phi) is 3.74. The van der Waals surface area contributed by atoms with E-state index >= 15 is 0 Å². The highest BCUT2D eigenvalue weighted by molar-refractivity contribution is 5.50. The maximum Gasteiger partial charge on any atom is 0.143 e. The highest BCUT2D eigenvalue weighted by atomic mass is 15.0. The summed E-state index contributed by atoms with van der Waals surface area (Å²) in [6, 6.07) is 5.54. The summed E-state index contributed by atoms with van der Waals surface area (Å²) < 4.78 is 0. The molecule has 0 amide bonds. The third-order valence-corrected chi connectivity index (χ3v) is 1.60. The van der Waals surface area contributed by atoms with Gasteiger partial charge in [0, 0.05) is 12.7 Å². The molecule has 1 aromatic rings. The van der Waals surface area contributed by atoms with Crippen LogP contribution in [0.4, 0.5) is 5.82 Å². The molecule has 0 aliphatic carbocycles. The van der Waals surface area contributed by atoms with Gasteiger partial charge in [-0.1, -0.05) is 0 Å². The van der Waals surface area contributed by atoms with Crippen molar-refractivity contribution < 1.29 is 0 Å². The molecule has 0 aliphatic heterocycles. The number of pyridine rings is 1. The minimum absolute atomic E-state index is 0.569. The molecule has 0 radical (unpaired) electrons. The Morgan fingerprint density at radius 1 is 1.62 bits per heavy atom. The first kappa shape index (κ1) is 9.49. The van der Waals surface area contributed by atoms with Crippen LogP contribution < -0.4 is 11.1 Å². The summed E-state index contributed by atoms with van der Waals surface area (Å²) in [6.07, 6.45) is 2.53.